The molecule has 8 heteroatoms. The fourth-order valence-electron chi connectivity index (χ4n) is 13.1. The fraction of sp³-hybridized carbons (Fsp3) is 0.200. The Morgan fingerprint density at radius 3 is 1.23 bits per heavy atom. The van der Waals surface area contributed by atoms with Crippen LogP contribution >= 0.6 is 0 Å². The van der Waals surface area contributed by atoms with Crippen LogP contribution in [0, 0.1) is 6.57 Å². The van der Waals surface area contributed by atoms with Crippen molar-refractivity contribution in [1.29, 1.82) is 0 Å². The molecule has 10 aromatic carbocycles. The maximum absolute atomic E-state index is 8.63. The van der Waals surface area contributed by atoms with Gasteiger partial charge in [0.15, 0.2) is 17.5 Å². The van der Waals surface area contributed by atoms with Crippen LogP contribution in [0.3, 0.4) is 0 Å². The normalized spacial score (nSPS) is 13.1. The second kappa shape index (κ2) is 20.7. The van der Waals surface area contributed by atoms with Crippen molar-refractivity contribution < 1.29 is 0 Å². The number of hydrogen-bond acceptors (Lipinski definition) is 5. The summed E-state index contributed by atoms with van der Waals surface area (Å²) in [6.45, 7) is 36.6. The smallest absolute Gasteiger partial charge is 0.252 e. The maximum atomic E-state index is 8.63. The van der Waals surface area contributed by atoms with Crippen molar-refractivity contribution in [2.45, 2.75) is 105 Å². The molecule has 0 N–H and O–H groups in total. The molecule has 430 valence electrons. The van der Waals surface area contributed by atoms with E-state index in [1.54, 1.807) is 0 Å². The van der Waals surface area contributed by atoms with Gasteiger partial charge in [0, 0.05) is 61.6 Å². The molecule has 0 unspecified atom stereocenters. The van der Waals surface area contributed by atoms with Crippen molar-refractivity contribution in [2.75, 3.05) is 9.80 Å². The second-order valence-corrected chi connectivity index (χ2v) is 28.1. The lowest BCUT2D eigenvalue weighted by Crippen LogP contribution is -2.61. The highest BCUT2D eigenvalue weighted by atomic mass is 15.2. The summed E-state index contributed by atoms with van der Waals surface area (Å²) in [5.41, 5.74) is 23.7. The second-order valence-electron chi connectivity index (χ2n) is 28.1. The zero-order chi connectivity index (χ0) is 61.2. The van der Waals surface area contributed by atoms with Crippen LogP contribution in [0.5, 0.6) is 0 Å². The first kappa shape index (κ1) is 56.0. The van der Waals surface area contributed by atoms with E-state index >= 15 is 0 Å². The van der Waals surface area contributed by atoms with Crippen LogP contribution in [0.4, 0.5) is 39.8 Å². The molecule has 0 bridgehead atoms. The van der Waals surface area contributed by atoms with Crippen LogP contribution in [0.1, 0.15) is 105 Å². The first-order valence-electron chi connectivity index (χ1n) is 30.8. The van der Waals surface area contributed by atoms with Gasteiger partial charge in [-0.1, -0.05) is 229 Å². The van der Waals surface area contributed by atoms with E-state index in [4.69, 9.17) is 21.5 Å². The molecule has 0 saturated heterocycles. The summed E-state index contributed by atoms with van der Waals surface area (Å²) in [4.78, 5) is 24.6. The van der Waals surface area contributed by atoms with Crippen LogP contribution in [-0.4, -0.2) is 26.2 Å². The molecule has 7 nitrogen and oxygen atoms in total. The molecule has 0 radical (unpaired) electrons. The Morgan fingerprint density at radius 2 is 0.750 bits per heavy atom. The van der Waals surface area contributed by atoms with Crippen LogP contribution in [0.25, 0.3) is 77.6 Å². The third-order valence-corrected chi connectivity index (χ3v) is 18.0. The molecular weight excluding hydrogens is 1070 g/mol. The molecule has 0 amide bonds. The van der Waals surface area contributed by atoms with Gasteiger partial charge in [-0.25, -0.2) is 19.8 Å². The molecule has 2 aliphatic heterocycles. The van der Waals surface area contributed by atoms with Gasteiger partial charge in [-0.3, -0.25) is 0 Å². The number of benzene rings is 10. The predicted molar refractivity (Wildman–Crippen MR) is 371 cm³/mol. The number of rotatable bonds is 7. The molecular formula is C80H72BN7. The first-order valence-corrected chi connectivity index (χ1v) is 30.8. The number of aromatic nitrogens is 4. The Hall–Kier alpha value is -9.84. The third kappa shape index (κ3) is 9.65. The summed E-state index contributed by atoms with van der Waals surface area (Å²) in [5, 5.41) is 2.17. The van der Waals surface area contributed by atoms with Gasteiger partial charge in [0.2, 0.25) is 5.69 Å². The number of hydrogen-bond donors (Lipinski definition) is 0. The molecule has 14 rings (SSSR count). The van der Waals surface area contributed by atoms with Gasteiger partial charge in [-0.15, -0.1) is 0 Å². The minimum Gasteiger partial charge on any atom is -0.319 e. The average Bonchev–Trinajstić information content (AvgIpc) is 0.741. The number of nitrogens with zero attached hydrogens (tertiary/aromatic N) is 7. The molecule has 2 aliphatic rings. The van der Waals surface area contributed by atoms with Crippen molar-refractivity contribution >= 4 is 84.7 Å². The molecule has 4 heterocycles. The monoisotopic (exact) mass is 1140 g/mol. The minimum atomic E-state index is -0.107. The van der Waals surface area contributed by atoms with Gasteiger partial charge in [-0.05, 0) is 144 Å². The predicted octanol–water partition coefficient (Wildman–Crippen LogP) is 19.5. The maximum Gasteiger partial charge on any atom is 0.252 e. The Kier molecular flexibility index (Phi) is 13.2. The summed E-state index contributed by atoms with van der Waals surface area (Å²) in [6, 6.07) is 79.4. The Morgan fingerprint density at radius 1 is 0.341 bits per heavy atom. The molecule has 0 atom stereocenters. The summed E-state index contributed by atoms with van der Waals surface area (Å²) in [7, 11) is 0. The Bertz CT molecular complexity index is 4540. The summed E-state index contributed by atoms with van der Waals surface area (Å²) < 4.78 is 2.26. The minimum absolute atomic E-state index is 0.0417. The summed E-state index contributed by atoms with van der Waals surface area (Å²) in [5.74, 6) is 1.69. The highest BCUT2D eigenvalue weighted by molar-refractivity contribution is 7.00. The van der Waals surface area contributed by atoms with Gasteiger partial charge in [-0.2, -0.15) is 0 Å². The summed E-state index contributed by atoms with van der Waals surface area (Å²) >= 11 is 0. The van der Waals surface area contributed by atoms with Gasteiger partial charge < -0.3 is 14.4 Å². The van der Waals surface area contributed by atoms with E-state index in [0.29, 0.717) is 23.2 Å². The lowest BCUT2D eigenvalue weighted by molar-refractivity contribution is 0.568. The molecule has 0 spiro atoms. The first-order chi connectivity index (χ1) is 42.1. The Labute approximate surface area is 519 Å². The lowest BCUT2D eigenvalue weighted by atomic mass is 9.33. The Balaban J connectivity index is 1.02. The number of fused-ring (bicyclic) bond motifs is 7. The van der Waals surface area contributed by atoms with E-state index < -0.39 is 0 Å². The van der Waals surface area contributed by atoms with Crippen LogP contribution < -0.4 is 26.2 Å². The van der Waals surface area contributed by atoms with Crippen LogP contribution in [-0.2, 0) is 21.7 Å². The number of anilines is 6. The SMILES string of the molecule is [C-]#[N+]c1ccc(-c2nc(-c3ccccc3)nc(-c3ccccc3)n2)cc1-n1c2ccccc2c2cc(-c3cc4c5c(c3)N(c3cc(C(C)(C)C)cc(C(C)(C)C)c3)c3ccccc3B5c3ccccc3N4c3cc(C(C)(C)C)cc(C(C)(C)C)c3)ccc21. The van der Waals surface area contributed by atoms with E-state index in [0.717, 1.165) is 78.1 Å². The van der Waals surface area contributed by atoms with Crippen LogP contribution in [0.15, 0.2) is 218 Å². The zero-order valence-electron chi connectivity index (χ0n) is 52.5. The highest BCUT2D eigenvalue weighted by Gasteiger charge is 2.44. The van der Waals surface area contributed by atoms with Crippen molar-refractivity contribution in [2.24, 2.45) is 0 Å². The van der Waals surface area contributed by atoms with E-state index in [-0.39, 0.29) is 28.4 Å². The molecule has 12 aromatic rings. The summed E-state index contributed by atoms with van der Waals surface area (Å²) in [6.07, 6.45) is 0. The fourth-order valence-corrected chi connectivity index (χ4v) is 13.1. The lowest BCUT2D eigenvalue weighted by Gasteiger charge is -2.45. The van der Waals surface area contributed by atoms with Crippen LogP contribution in [0.2, 0.25) is 0 Å². The van der Waals surface area contributed by atoms with Gasteiger partial charge in [0.1, 0.15) is 0 Å². The van der Waals surface area contributed by atoms with E-state index in [9.17, 15) is 0 Å². The average molecular weight is 1140 g/mol. The van der Waals surface area contributed by atoms with E-state index in [2.05, 4.69) is 248 Å². The quantitative estimate of drug-likeness (QED) is 0.118. The zero-order valence-corrected chi connectivity index (χ0v) is 52.5. The molecule has 0 fully saturated rings. The van der Waals surface area contributed by atoms with Crippen molar-refractivity contribution in [3.8, 4) is 51.0 Å². The van der Waals surface area contributed by atoms with Gasteiger partial charge in [0.05, 0.1) is 23.3 Å². The molecule has 88 heavy (non-hydrogen) atoms. The van der Waals surface area contributed by atoms with Crippen molar-refractivity contribution in [3.63, 3.8) is 0 Å². The highest BCUT2D eigenvalue weighted by Crippen LogP contribution is 2.49. The van der Waals surface area contributed by atoms with Gasteiger partial charge >= 0.3 is 0 Å². The van der Waals surface area contributed by atoms with E-state index in [1.165, 1.54) is 50.0 Å². The molecule has 2 aromatic heterocycles. The topological polar surface area (TPSA) is 54.4 Å². The largest absolute Gasteiger partial charge is 0.319 e. The third-order valence-electron chi connectivity index (χ3n) is 18.0. The van der Waals surface area contributed by atoms with Crippen molar-refractivity contribution in [1.82, 2.24) is 19.5 Å². The standard InChI is InChI=1S/C80H72BN7/c1-77(2,3)55-44-56(78(4,5)6)47-59(46-55)86-68-34-24-21-31-63(68)81-64-32-22-25-35-69(64)87(60-48-57(79(7,8)9)45-58(49-60)80(10,11)12)72-43-54(42-71(86)73(72)81)52-37-39-67-62(40-52)61-30-20-23-33-66(61)88(67)70-41-53(36-38-65(70)82-13)76-84-74(50-26-16-14-17-27-50)83-75(85-76)51-28-18-15-19-29-51/h14-49H,1-12H3. The number of para-hydroxylation sites is 3. The van der Waals surface area contributed by atoms with Crippen molar-refractivity contribution in [3.05, 3.63) is 252 Å². The van der Waals surface area contributed by atoms with E-state index in [1.807, 2.05) is 72.8 Å². The van der Waals surface area contributed by atoms with Gasteiger partial charge in [0.25, 0.3) is 6.71 Å². The molecule has 0 aliphatic carbocycles. The molecule has 0 saturated carbocycles.